The van der Waals surface area contributed by atoms with Gasteiger partial charge in [0.2, 0.25) is 0 Å². The van der Waals surface area contributed by atoms with Gasteiger partial charge in [-0.25, -0.2) is 4.98 Å². The Kier molecular flexibility index (Phi) is 5.17. The standard InChI is InChI=1S/C16H16BrN3O2S/c1-22-16(21)10-23-15-8-18-7-14(19-15)20-6-5-11-3-2-4-13(17)12(11)9-20/h2-4,7-8H,5-6,9-10H2,1H3. The summed E-state index contributed by atoms with van der Waals surface area (Å²) in [5.74, 6) is 0.808. The van der Waals surface area contributed by atoms with Crippen molar-refractivity contribution in [2.75, 3.05) is 24.3 Å². The molecule has 3 rings (SSSR count). The average molecular weight is 394 g/mol. The first-order chi connectivity index (χ1) is 11.2. The lowest BCUT2D eigenvalue weighted by Crippen LogP contribution is -2.31. The van der Waals surface area contributed by atoms with E-state index in [1.807, 2.05) is 0 Å². The number of carbonyl (C=O) groups is 1. The molecule has 1 aliphatic rings. The van der Waals surface area contributed by atoms with Crippen molar-refractivity contribution >= 4 is 39.5 Å². The summed E-state index contributed by atoms with van der Waals surface area (Å²) in [6, 6.07) is 6.31. The molecular weight excluding hydrogens is 378 g/mol. The number of aromatic nitrogens is 2. The van der Waals surface area contributed by atoms with Crippen molar-refractivity contribution in [1.82, 2.24) is 9.97 Å². The van der Waals surface area contributed by atoms with E-state index in [1.54, 1.807) is 12.4 Å². The maximum atomic E-state index is 11.2. The summed E-state index contributed by atoms with van der Waals surface area (Å²) in [4.78, 5) is 22.3. The fourth-order valence-electron chi connectivity index (χ4n) is 2.49. The van der Waals surface area contributed by atoms with Gasteiger partial charge in [-0.2, -0.15) is 0 Å². The summed E-state index contributed by atoms with van der Waals surface area (Å²) >= 11 is 4.96. The summed E-state index contributed by atoms with van der Waals surface area (Å²) in [6.07, 6.45) is 4.42. The SMILES string of the molecule is COC(=O)CSc1cncc(N2CCc3cccc(Br)c3C2)n1. The molecule has 5 nitrogen and oxygen atoms in total. The van der Waals surface area contributed by atoms with Crippen LogP contribution in [0.5, 0.6) is 0 Å². The molecule has 0 amide bonds. The molecule has 23 heavy (non-hydrogen) atoms. The van der Waals surface area contributed by atoms with Crippen LogP contribution in [0.3, 0.4) is 0 Å². The molecule has 120 valence electrons. The number of ether oxygens (including phenoxy) is 1. The van der Waals surface area contributed by atoms with Crippen molar-refractivity contribution < 1.29 is 9.53 Å². The van der Waals surface area contributed by atoms with Crippen molar-refractivity contribution in [2.45, 2.75) is 18.0 Å². The smallest absolute Gasteiger partial charge is 0.316 e. The lowest BCUT2D eigenvalue weighted by molar-refractivity contribution is -0.137. The molecule has 0 atom stereocenters. The van der Waals surface area contributed by atoms with Crippen molar-refractivity contribution in [1.29, 1.82) is 0 Å². The lowest BCUT2D eigenvalue weighted by atomic mass is 10.00. The van der Waals surface area contributed by atoms with Crippen LogP contribution in [-0.4, -0.2) is 35.3 Å². The van der Waals surface area contributed by atoms with Gasteiger partial charge >= 0.3 is 5.97 Å². The van der Waals surface area contributed by atoms with E-state index in [0.717, 1.165) is 34.8 Å². The van der Waals surface area contributed by atoms with E-state index in [4.69, 9.17) is 0 Å². The van der Waals surface area contributed by atoms with Crippen molar-refractivity contribution in [3.8, 4) is 0 Å². The lowest BCUT2D eigenvalue weighted by Gasteiger charge is -2.30. The highest BCUT2D eigenvalue weighted by Crippen LogP contribution is 2.29. The first kappa shape index (κ1) is 16.3. The minimum Gasteiger partial charge on any atom is -0.468 e. The number of hydrogen-bond acceptors (Lipinski definition) is 6. The third-order valence-electron chi connectivity index (χ3n) is 3.71. The van der Waals surface area contributed by atoms with Crippen LogP contribution in [0.4, 0.5) is 5.82 Å². The Morgan fingerprint density at radius 3 is 3.13 bits per heavy atom. The van der Waals surface area contributed by atoms with Crippen molar-refractivity contribution in [3.05, 3.63) is 46.2 Å². The number of carbonyl (C=O) groups excluding carboxylic acids is 1. The molecule has 0 saturated heterocycles. The summed E-state index contributed by atoms with van der Waals surface area (Å²) in [7, 11) is 1.38. The highest BCUT2D eigenvalue weighted by molar-refractivity contribution is 9.10. The van der Waals surface area contributed by atoms with Gasteiger partial charge in [0.15, 0.2) is 0 Å². The van der Waals surface area contributed by atoms with Gasteiger partial charge in [0.05, 0.1) is 25.3 Å². The molecule has 0 spiro atoms. The van der Waals surface area contributed by atoms with Crippen LogP contribution >= 0.6 is 27.7 Å². The first-order valence-electron chi connectivity index (χ1n) is 7.20. The summed E-state index contributed by atoms with van der Waals surface area (Å²) in [6.45, 7) is 1.71. The predicted molar refractivity (Wildman–Crippen MR) is 93.7 cm³/mol. The van der Waals surface area contributed by atoms with Gasteiger partial charge in [-0.15, -0.1) is 0 Å². The number of methoxy groups -OCH3 is 1. The minimum atomic E-state index is -0.266. The number of nitrogens with zero attached hydrogens (tertiary/aromatic N) is 3. The first-order valence-corrected chi connectivity index (χ1v) is 8.98. The number of hydrogen-bond donors (Lipinski definition) is 0. The number of fused-ring (bicyclic) bond motifs is 1. The number of thioether (sulfide) groups is 1. The van der Waals surface area contributed by atoms with Crippen LogP contribution in [0.25, 0.3) is 0 Å². The Labute approximate surface area is 147 Å². The summed E-state index contributed by atoms with van der Waals surface area (Å²) in [5.41, 5.74) is 2.67. The van der Waals surface area contributed by atoms with Gasteiger partial charge in [-0.1, -0.05) is 39.8 Å². The molecular formula is C16H16BrN3O2S. The molecule has 1 aromatic carbocycles. The molecule has 2 heterocycles. The van der Waals surface area contributed by atoms with E-state index >= 15 is 0 Å². The van der Waals surface area contributed by atoms with Gasteiger partial charge < -0.3 is 9.64 Å². The summed E-state index contributed by atoms with van der Waals surface area (Å²) in [5, 5.41) is 0.728. The number of benzene rings is 1. The van der Waals surface area contributed by atoms with Crippen LogP contribution < -0.4 is 4.90 Å². The molecule has 0 aliphatic carbocycles. The van der Waals surface area contributed by atoms with E-state index in [0.29, 0.717) is 0 Å². The van der Waals surface area contributed by atoms with E-state index in [9.17, 15) is 4.79 Å². The third kappa shape index (κ3) is 3.84. The molecule has 0 radical (unpaired) electrons. The Hall–Kier alpha value is -1.60. The Morgan fingerprint density at radius 2 is 2.30 bits per heavy atom. The highest BCUT2D eigenvalue weighted by Gasteiger charge is 2.19. The van der Waals surface area contributed by atoms with E-state index in [1.165, 1.54) is 30.0 Å². The second-order valence-corrected chi connectivity index (χ2v) is 6.98. The molecule has 1 aromatic heterocycles. The fraction of sp³-hybridized carbons (Fsp3) is 0.312. The van der Waals surface area contributed by atoms with Gasteiger partial charge in [-0.05, 0) is 23.6 Å². The topological polar surface area (TPSA) is 55.3 Å². The van der Waals surface area contributed by atoms with E-state index in [-0.39, 0.29) is 11.7 Å². The maximum Gasteiger partial charge on any atom is 0.316 e. The van der Waals surface area contributed by atoms with Gasteiger partial charge in [-0.3, -0.25) is 9.78 Å². The zero-order chi connectivity index (χ0) is 16.2. The highest BCUT2D eigenvalue weighted by atomic mass is 79.9. The zero-order valence-electron chi connectivity index (χ0n) is 12.7. The Balaban J connectivity index is 1.75. The van der Waals surface area contributed by atoms with Crippen LogP contribution in [0.15, 0.2) is 40.1 Å². The largest absolute Gasteiger partial charge is 0.468 e. The average Bonchev–Trinajstić information content (AvgIpc) is 2.60. The third-order valence-corrected chi connectivity index (χ3v) is 5.32. The second kappa shape index (κ2) is 7.31. The molecule has 0 bridgehead atoms. The minimum absolute atomic E-state index is 0.239. The molecule has 0 fully saturated rings. The molecule has 7 heteroatoms. The Morgan fingerprint density at radius 1 is 1.43 bits per heavy atom. The number of halogens is 1. The van der Waals surface area contributed by atoms with Crippen LogP contribution in [0, 0.1) is 0 Å². The monoisotopic (exact) mass is 393 g/mol. The number of rotatable bonds is 4. The van der Waals surface area contributed by atoms with Crippen molar-refractivity contribution in [3.63, 3.8) is 0 Å². The zero-order valence-corrected chi connectivity index (χ0v) is 15.1. The molecule has 0 unspecified atom stereocenters. The Bertz CT molecular complexity index is 726. The predicted octanol–water partition coefficient (Wildman–Crippen LogP) is 3.07. The van der Waals surface area contributed by atoms with Crippen LogP contribution in [0.2, 0.25) is 0 Å². The second-order valence-electron chi connectivity index (χ2n) is 5.13. The van der Waals surface area contributed by atoms with E-state index < -0.39 is 0 Å². The van der Waals surface area contributed by atoms with Crippen LogP contribution in [0.1, 0.15) is 11.1 Å². The molecule has 1 aliphatic heterocycles. The van der Waals surface area contributed by atoms with Gasteiger partial charge in [0.1, 0.15) is 10.8 Å². The molecule has 0 N–H and O–H groups in total. The number of anilines is 1. The van der Waals surface area contributed by atoms with Gasteiger partial charge in [0.25, 0.3) is 0 Å². The maximum absolute atomic E-state index is 11.2. The molecule has 2 aromatic rings. The normalized spacial score (nSPS) is 13.6. The van der Waals surface area contributed by atoms with Crippen molar-refractivity contribution in [2.24, 2.45) is 0 Å². The quantitative estimate of drug-likeness (QED) is 0.587. The number of esters is 1. The van der Waals surface area contributed by atoms with E-state index in [2.05, 4.69) is 53.7 Å². The molecule has 0 saturated carbocycles. The van der Waals surface area contributed by atoms with Gasteiger partial charge in [0, 0.05) is 17.6 Å². The summed E-state index contributed by atoms with van der Waals surface area (Å²) < 4.78 is 5.78. The van der Waals surface area contributed by atoms with Crippen LogP contribution in [-0.2, 0) is 22.5 Å². The fourth-order valence-corrected chi connectivity index (χ4v) is 3.70.